The van der Waals surface area contributed by atoms with Gasteiger partial charge in [0.15, 0.2) is 0 Å². The van der Waals surface area contributed by atoms with Crippen molar-refractivity contribution >= 4 is 0 Å². The number of rotatable bonds is 1. The van der Waals surface area contributed by atoms with Gasteiger partial charge in [0, 0.05) is 24.4 Å². The third-order valence-electron chi connectivity index (χ3n) is 4.18. The molecule has 0 aliphatic carbocycles. The molecule has 18 heavy (non-hydrogen) atoms. The van der Waals surface area contributed by atoms with E-state index in [4.69, 9.17) is 10.6 Å². The summed E-state index contributed by atoms with van der Waals surface area (Å²) in [5, 5.41) is 2.02. The maximum atomic E-state index is 6.19. The molecule has 2 aliphatic rings. The fourth-order valence-corrected chi connectivity index (χ4v) is 3.11. The lowest BCUT2D eigenvalue weighted by molar-refractivity contribution is 0.145. The van der Waals surface area contributed by atoms with Gasteiger partial charge in [0.25, 0.3) is 0 Å². The van der Waals surface area contributed by atoms with Gasteiger partial charge < -0.3 is 9.72 Å². The van der Waals surface area contributed by atoms with Crippen molar-refractivity contribution in [2.75, 3.05) is 19.8 Å². The third kappa shape index (κ3) is 2.46. The number of nitrogens with two attached hydrogens (primary N) is 1. The topological polar surface area (TPSA) is 54.3 Å². The number of nitrogens with one attached hydrogen (secondary N) is 1. The van der Waals surface area contributed by atoms with Crippen molar-refractivity contribution in [3.05, 3.63) is 23.0 Å². The van der Waals surface area contributed by atoms with E-state index in [0.717, 1.165) is 32.6 Å². The molecule has 100 valence electrons. The van der Waals surface area contributed by atoms with E-state index < -0.39 is 0 Å². The largest absolute Gasteiger partial charge is 0.381 e. The molecule has 0 radical (unpaired) electrons. The molecule has 3 N–H and O–H groups in total. The minimum Gasteiger partial charge on any atom is -0.381 e. The molecule has 0 aromatic carbocycles. The third-order valence-corrected chi connectivity index (χ3v) is 4.18. The molecular formula is C14H23N3O. The molecule has 0 amide bonds. The highest BCUT2D eigenvalue weighted by atomic mass is 16.5. The number of hydrazine groups is 1. The Bertz CT molecular complexity index is 378. The van der Waals surface area contributed by atoms with Crippen molar-refractivity contribution in [2.45, 2.75) is 44.6 Å². The van der Waals surface area contributed by atoms with Crippen LogP contribution in [0.2, 0.25) is 0 Å². The first-order valence-corrected chi connectivity index (χ1v) is 7.14. The fourth-order valence-electron chi connectivity index (χ4n) is 3.11. The van der Waals surface area contributed by atoms with Crippen molar-refractivity contribution in [3.8, 4) is 0 Å². The van der Waals surface area contributed by atoms with E-state index in [-0.39, 0.29) is 0 Å². The normalized spacial score (nSPS) is 26.4. The molecule has 1 unspecified atom stereocenters. The minimum atomic E-state index is 0.375. The van der Waals surface area contributed by atoms with Crippen molar-refractivity contribution < 1.29 is 4.74 Å². The second-order valence-electron chi connectivity index (χ2n) is 5.44. The van der Waals surface area contributed by atoms with E-state index in [0.29, 0.717) is 6.04 Å². The van der Waals surface area contributed by atoms with Gasteiger partial charge in [-0.1, -0.05) is 12.8 Å². The van der Waals surface area contributed by atoms with E-state index >= 15 is 0 Å². The number of aromatic amines is 1. The first-order valence-electron chi connectivity index (χ1n) is 7.14. The van der Waals surface area contributed by atoms with Crippen LogP contribution in [-0.4, -0.2) is 29.8 Å². The van der Waals surface area contributed by atoms with E-state index in [2.05, 4.69) is 11.1 Å². The highest BCUT2D eigenvalue weighted by Gasteiger charge is 2.23. The number of hydrogen-bond donors (Lipinski definition) is 2. The number of H-pyrrole nitrogens is 1. The van der Waals surface area contributed by atoms with Crippen LogP contribution in [0.3, 0.4) is 0 Å². The summed E-state index contributed by atoms with van der Waals surface area (Å²) in [5.41, 5.74) is 4.10. The summed E-state index contributed by atoms with van der Waals surface area (Å²) in [7, 11) is 0. The Labute approximate surface area is 108 Å². The zero-order valence-electron chi connectivity index (χ0n) is 11.0. The van der Waals surface area contributed by atoms with Gasteiger partial charge in [-0.3, -0.25) is 5.84 Å². The maximum absolute atomic E-state index is 6.19. The van der Waals surface area contributed by atoms with Crippen LogP contribution in [0.4, 0.5) is 0 Å². The molecule has 3 rings (SSSR count). The van der Waals surface area contributed by atoms with Crippen LogP contribution >= 0.6 is 0 Å². The van der Waals surface area contributed by atoms with Crippen LogP contribution in [0.1, 0.15) is 48.7 Å². The summed E-state index contributed by atoms with van der Waals surface area (Å²) in [4.78, 5) is 3.60. The number of nitrogens with zero attached hydrogens (tertiary/aromatic N) is 1. The lowest BCUT2D eigenvalue weighted by Crippen LogP contribution is -2.35. The van der Waals surface area contributed by atoms with Crippen LogP contribution in [0.15, 0.2) is 6.07 Å². The Morgan fingerprint density at radius 2 is 2.11 bits per heavy atom. The molecule has 4 nitrogen and oxygen atoms in total. The monoisotopic (exact) mass is 249 g/mol. The average Bonchev–Trinajstić information content (AvgIpc) is 2.55. The number of hydrogen-bond acceptors (Lipinski definition) is 3. The van der Waals surface area contributed by atoms with E-state index in [1.807, 2.05) is 5.01 Å². The van der Waals surface area contributed by atoms with E-state index in [9.17, 15) is 0 Å². The average molecular weight is 249 g/mol. The smallest absolute Gasteiger partial charge is 0.0640 e. The predicted octanol–water partition coefficient (Wildman–Crippen LogP) is 1.92. The summed E-state index contributed by atoms with van der Waals surface area (Å²) < 4.78 is 5.51. The SMILES string of the molecule is NN1CCCCCC1c1cc2c([nH]1)CCOCC2. The van der Waals surface area contributed by atoms with Crippen LogP contribution < -0.4 is 5.84 Å². The van der Waals surface area contributed by atoms with Crippen LogP contribution in [0, 0.1) is 0 Å². The standard InChI is InChI=1S/C14H23N3O/c15-17-7-3-1-2-4-14(17)13-10-11-5-8-18-9-6-12(11)16-13/h10,14,16H,1-9,15H2. The Balaban J connectivity index is 1.82. The molecule has 1 fully saturated rings. The molecule has 2 aliphatic heterocycles. The van der Waals surface area contributed by atoms with E-state index in [1.54, 1.807) is 0 Å². The van der Waals surface area contributed by atoms with Gasteiger partial charge in [-0.05, 0) is 30.9 Å². The second kappa shape index (κ2) is 5.43. The van der Waals surface area contributed by atoms with Crippen molar-refractivity contribution in [1.29, 1.82) is 0 Å². The van der Waals surface area contributed by atoms with Gasteiger partial charge >= 0.3 is 0 Å². The van der Waals surface area contributed by atoms with Gasteiger partial charge in [0.1, 0.15) is 0 Å². The van der Waals surface area contributed by atoms with Gasteiger partial charge in [0.2, 0.25) is 0 Å². The highest BCUT2D eigenvalue weighted by Crippen LogP contribution is 2.29. The Hall–Kier alpha value is -0.840. The molecule has 1 atom stereocenters. The molecule has 0 spiro atoms. The zero-order valence-corrected chi connectivity index (χ0v) is 11.0. The van der Waals surface area contributed by atoms with Gasteiger partial charge in [0.05, 0.1) is 19.3 Å². The summed E-state index contributed by atoms with van der Waals surface area (Å²) in [5.74, 6) is 6.19. The van der Waals surface area contributed by atoms with Gasteiger partial charge in [-0.15, -0.1) is 0 Å². The maximum Gasteiger partial charge on any atom is 0.0640 e. The van der Waals surface area contributed by atoms with Crippen molar-refractivity contribution in [2.24, 2.45) is 5.84 Å². The summed E-state index contributed by atoms with van der Waals surface area (Å²) >= 11 is 0. The summed E-state index contributed by atoms with van der Waals surface area (Å²) in [6, 6.07) is 2.69. The predicted molar refractivity (Wildman–Crippen MR) is 71.1 cm³/mol. The van der Waals surface area contributed by atoms with Gasteiger partial charge in [-0.2, -0.15) is 0 Å². The molecule has 0 bridgehead atoms. The van der Waals surface area contributed by atoms with Gasteiger partial charge in [-0.25, -0.2) is 5.01 Å². The first-order chi connectivity index (χ1) is 8.84. The molecule has 0 saturated carbocycles. The lowest BCUT2D eigenvalue weighted by Gasteiger charge is -2.24. The van der Waals surface area contributed by atoms with Crippen LogP contribution in [-0.2, 0) is 17.6 Å². The summed E-state index contributed by atoms with van der Waals surface area (Å²) in [6.45, 7) is 2.70. The molecular weight excluding hydrogens is 226 g/mol. The minimum absolute atomic E-state index is 0.375. The Morgan fingerprint density at radius 1 is 1.22 bits per heavy atom. The van der Waals surface area contributed by atoms with Crippen LogP contribution in [0.25, 0.3) is 0 Å². The molecule has 1 aromatic heterocycles. The second-order valence-corrected chi connectivity index (χ2v) is 5.44. The zero-order chi connectivity index (χ0) is 12.4. The molecule has 1 saturated heterocycles. The number of fused-ring (bicyclic) bond motifs is 1. The number of aromatic nitrogens is 1. The van der Waals surface area contributed by atoms with E-state index in [1.165, 1.54) is 42.6 Å². The van der Waals surface area contributed by atoms with Crippen LogP contribution in [0.5, 0.6) is 0 Å². The first kappa shape index (κ1) is 12.2. The molecule has 1 aromatic rings. The number of ether oxygens (including phenoxy) is 1. The lowest BCUT2D eigenvalue weighted by atomic mass is 10.1. The quantitative estimate of drug-likeness (QED) is 0.748. The fraction of sp³-hybridized carbons (Fsp3) is 0.714. The highest BCUT2D eigenvalue weighted by molar-refractivity contribution is 5.29. The van der Waals surface area contributed by atoms with Crippen molar-refractivity contribution in [1.82, 2.24) is 9.99 Å². The molecule has 4 heteroatoms. The van der Waals surface area contributed by atoms with Crippen molar-refractivity contribution in [3.63, 3.8) is 0 Å². The Kier molecular flexibility index (Phi) is 3.68. The molecule has 3 heterocycles. The summed E-state index contributed by atoms with van der Waals surface area (Å²) in [6.07, 6.45) is 7.02. The Morgan fingerprint density at radius 3 is 3.06 bits per heavy atom.